The van der Waals surface area contributed by atoms with Gasteiger partial charge in [0.05, 0.1) is 13.2 Å². The summed E-state index contributed by atoms with van der Waals surface area (Å²) in [5.74, 6) is 0.934. The first kappa shape index (κ1) is 16.3. The highest BCUT2D eigenvalue weighted by molar-refractivity contribution is 14.1. The lowest BCUT2D eigenvalue weighted by molar-refractivity contribution is 0.403. The van der Waals surface area contributed by atoms with Crippen LogP contribution in [0.3, 0.4) is 0 Å². The molecule has 0 aliphatic rings. The summed E-state index contributed by atoms with van der Waals surface area (Å²) in [6.45, 7) is 5.32. The second-order valence-electron chi connectivity index (χ2n) is 5.11. The summed E-state index contributed by atoms with van der Waals surface area (Å²) in [7, 11) is 1.73. The SMILES string of the molecule is CCCNC(c1ccccc1OC)c1cccc(C)c1I. The molecule has 0 amide bonds. The first-order chi connectivity index (χ1) is 10.2. The summed E-state index contributed by atoms with van der Waals surface area (Å²) in [6.07, 6.45) is 1.11. The number of methoxy groups -OCH3 is 1. The van der Waals surface area contributed by atoms with Gasteiger partial charge in [-0.1, -0.05) is 43.3 Å². The van der Waals surface area contributed by atoms with Crippen LogP contribution in [-0.2, 0) is 0 Å². The third-order valence-electron chi connectivity index (χ3n) is 3.58. The van der Waals surface area contributed by atoms with E-state index >= 15 is 0 Å². The van der Waals surface area contributed by atoms with Crippen molar-refractivity contribution in [2.75, 3.05) is 13.7 Å². The second-order valence-corrected chi connectivity index (χ2v) is 6.19. The summed E-state index contributed by atoms with van der Waals surface area (Å²) in [4.78, 5) is 0. The molecule has 2 rings (SSSR count). The molecule has 2 aromatic rings. The molecule has 3 heteroatoms. The predicted octanol–water partition coefficient (Wildman–Crippen LogP) is 4.70. The molecule has 0 saturated heterocycles. The van der Waals surface area contributed by atoms with Crippen molar-refractivity contribution in [2.24, 2.45) is 0 Å². The van der Waals surface area contributed by atoms with E-state index < -0.39 is 0 Å². The van der Waals surface area contributed by atoms with E-state index in [0.29, 0.717) is 0 Å². The van der Waals surface area contributed by atoms with Crippen molar-refractivity contribution in [1.29, 1.82) is 0 Å². The Morgan fingerprint density at radius 1 is 1.10 bits per heavy atom. The molecule has 0 spiro atoms. The molecule has 0 aromatic heterocycles. The van der Waals surface area contributed by atoms with Gasteiger partial charge in [-0.2, -0.15) is 0 Å². The van der Waals surface area contributed by atoms with Gasteiger partial charge in [0.2, 0.25) is 0 Å². The van der Waals surface area contributed by atoms with Crippen molar-refractivity contribution < 1.29 is 4.74 Å². The molecule has 0 saturated carbocycles. The predicted molar refractivity (Wildman–Crippen MR) is 97.0 cm³/mol. The maximum Gasteiger partial charge on any atom is 0.123 e. The van der Waals surface area contributed by atoms with Crippen LogP contribution in [0.5, 0.6) is 5.75 Å². The summed E-state index contributed by atoms with van der Waals surface area (Å²) in [5, 5.41) is 3.66. The number of hydrogen-bond donors (Lipinski definition) is 1. The number of hydrogen-bond acceptors (Lipinski definition) is 2. The van der Waals surface area contributed by atoms with Gasteiger partial charge >= 0.3 is 0 Å². The molecule has 0 aliphatic carbocycles. The molecule has 2 nitrogen and oxygen atoms in total. The Balaban J connectivity index is 2.50. The average molecular weight is 395 g/mol. The van der Waals surface area contributed by atoms with Crippen LogP contribution in [0.2, 0.25) is 0 Å². The maximum atomic E-state index is 5.56. The molecule has 0 fully saturated rings. The van der Waals surface area contributed by atoms with Gasteiger partial charge in [0, 0.05) is 9.13 Å². The van der Waals surface area contributed by atoms with Crippen LogP contribution in [0.4, 0.5) is 0 Å². The molecule has 0 radical (unpaired) electrons. The van der Waals surface area contributed by atoms with Gasteiger partial charge < -0.3 is 10.1 Å². The fourth-order valence-electron chi connectivity index (χ4n) is 2.47. The van der Waals surface area contributed by atoms with Crippen LogP contribution in [0, 0.1) is 10.5 Å². The van der Waals surface area contributed by atoms with E-state index in [4.69, 9.17) is 4.74 Å². The van der Waals surface area contributed by atoms with Crippen molar-refractivity contribution >= 4 is 22.6 Å². The Morgan fingerprint density at radius 2 is 1.81 bits per heavy atom. The van der Waals surface area contributed by atoms with Crippen LogP contribution in [0.15, 0.2) is 42.5 Å². The van der Waals surface area contributed by atoms with Gasteiger partial charge in [-0.05, 0) is 59.7 Å². The summed E-state index contributed by atoms with van der Waals surface area (Å²) in [5.41, 5.74) is 3.82. The minimum absolute atomic E-state index is 0.160. The van der Waals surface area contributed by atoms with Crippen LogP contribution >= 0.6 is 22.6 Å². The Morgan fingerprint density at radius 3 is 2.52 bits per heavy atom. The standard InChI is InChI=1S/C18H22INO/c1-4-12-20-18(14-9-5-6-11-16(14)21-3)15-10-7-8-13(2)17(15)19/h5-11,18,20H,4,12H2,1-3H3. The van der Waals surface area contributed by atoms with Crippen LogP contribution in [0.25, 0.3) is 0 Å². The lowest BCUT2D eigenvalue weighted by atomic mass is 9.96. The highest BCUT2D eigenvalue weighted by Gasteiger charge is 2.20. The summed E-state index contributed by atoms with van der Waals surface area (Å²) >= 11 is 2.44. The molecular formula is C18H22INO. The van der Waals surface area contributed by atoms with E-state index in [1.54, 1.807) is 7.11 Å². The Labute approximate surface area is 141 Å². The van der Waals surface area contributed by atoms with Crippen molar-refractivity contribution in [2.45, 2.75) is 26.3 Å². The van der Waals surface area contributed by atoms with E-state index in [1.165, 1.54) is 20.3 Å². The average Bonchev–Trinajstić information content (AvgIpc) is 2.52. The Kier molecular flexibility index (Phi) is 6.06. The van der Waals surface area contributed by atoms with Crippen molar-refractivity contribution in [3.8, 4) is 5.75 Å². The molecule has 21 heavy (non-hydrogen) atoms. The fourth-order valence-corrected chi connectivity index (χ4v) is 3.15. The smallest absolute Gasteiger partial charge is 0.123 e. The molecule has 0 aliphatic heterocycles. The molecule has 1 N–H and O–H groups in total. The van der Waals surface area contributed by atoms with Crippen LogP contribution in [-0.4, -0.2) is 13.7 Å². The largest absolute Gasteiger partial charge is 0.496 e. The van der Waals surface area contributed by atoms with E-state index in [9.17, 15) is 0 Å². The Hall–Kier alpha value is -1.07. The minimum atomic E-state index is 0.160. The molecular weight excluding hydrogens is 373 g/mol. The van der Waals surface area contributed by atoms with E-state index in [-0.39, 0.29) is 6.04 Å². The second kappa shape index (κ2) is 7.80. The first-order valence-corrected chi connectivity index (χ1v) is 8.38. The number of aryl methyl sites for hydroxylation is 1. The number of para-hydroxylation sites is 1. The third kappa shape index (κ3) is 3.77. The Bertz CT molecular complexity index is 598. The number of ether oxygens (including phenoxy) is 1. The van der Waals surface area contributed by atoms with Gasteiger partial charge in [-0.3, -0.25) is 0 Å². The molecule has 1 unspecified atom stereocenters. The monoisotopic (exact) mass is 395 g/mol. The van der Waals surface area contributed by atoms with Gasteiger partial charge in [0.15, 0.2) is 0 Å². The van der Waals surface area contributed by atoms with Gasteiger partial charge in [0.1, 0.15) is 5.75 Å². The number of benzene rings is 2. The fraction of sp³-hybridized carbons (Fsp3) is 0.333. The third-order valence-corrected chi connectivity index (χ3v) is 5.05. The van der Waals surface area contributed by atoms with Gasteiger partial charge in [0.25, 0.3) is 0 Å². The van der Waals surface area contributed by atoms with Crippen molar-refractivity contribution in [1.82, 2.24) is 5.32 Å². The summed E-state index contributed by atoms with van der Waals surface area (Å²) in [6, 6.07) is 14.9. The van der Waals surface area contributed by atoms with Crippen molar-refractivity contribution in [3.05, 3.63) is 62.7 Å². The van der Waals surface area contributed by atoms with Crippen LogP contribution < -0.4 is 10.1 Å². The zero-order valence-electron chi connectivity index (χ0n) is 12.8. The zero-order valence-corrected chi connectivity index (χ0v) is 15.0. The van der Waals surface area contributed by atoms with Gasteiger partial charge in [-0.15, -0.1) is 0 Å². The minimum Gasteiger partial charge on any atom is -0.496 e. The van der Waals surface area contributed by atoms with Crippen molar-refractivity contribution in [3.63, 3.8) is 0 Å². The van der Waals surface area contributed by atoms with Crippen LogP contribution in [0.1, 0.15) is 36.1 Å². The first-order valence-electron chi connectivity index (χ1n) is 7.30. The number of halogens is 1. The van der Waals surface area contributed by atoms with E-state index in [0.717, 1.165) is 18.7 Å². The highest BCUT2D eigenvalue weighted by atomic mass is 127. The molecule has 112 valence electrons. The molecule has 2 aromatic carbocycles. The normalized spacial score (nSPS) is 12.2. The summed E-state index contributed by atoms with van der Waals surface area (Å²) < 4.78 is 6.87. The van der Waals surface area contributed by atoms with E-state index in [1.807, 2.05) is 12.1 Å². The lowest BCUT2D eigenvalue weighted by Gasteiger charge is -2.23. The number of rotatable bonds is 6. The number of nitrogens with one attached hydrogen (secondary N) is 1. The quantitative estimate of drug-likeness (QED) is 0.717. The molecule has 0 heterocycles. The topological polar surface area (TPSA) is 21.3 Å². The maximum absolute atomic E-state index is 5.56. The molecule has 1 atom stereocenters. The van der Waals surface area contributed by atoms with E-state index in [2.05, 4.69) is 72.1 Å². The zero-order chi connectivity index (χ0) is 15.2. The molecule has 0 bridgehead atoms. The highest BCUT2D eigenvalue weighted by Crippen LogP contribution is 2.33. The lowest BCUT2D eigenvalue weighted by Crippen LogP contribution is -2.24. The van der Waals surface area contributed by atoms with Gasteiger partial charge in [-0.25, -0.2) is 0 Å².